The van der Waals surface area contributed by atoms with Gasteiger partial charge in [-0.2, -0.15) is 0 Å². The van der Waals surface area contributed by atoms with Crippen LogP contribution < -0.4 is 4.74 Å². The second-order valence-corrected chi connectivity index (χ2v) is 4.70. The Morgan fingerprint density at radius 3 is 2.67 bits per heavy atom. The molecule has 0 atom stereocenters. The van der Waals surface area contributed by atoms with Gasteiger partial charge in [-0.3, -0.25) is 9.97 Å². The van der Waals surface area contributed by atoms with Crippen molar-refractivity contribution < 1.29 is 4.74 Å². The number of fused-ring (bicyclic) bond motifs is 2. The predicted molar refractivity (Wildman–Crippen MR) is 81.2 cm³/mol. The van der Waals surface area contributed by atoms with Gasteiger partial charge >= 0.3 is 0 Å². The van der Waals surface area contributed by atoms with Crippen molar-refractivity contribution in [2.75, 3.05) is 7.11 Å². The Hall–Kier alpha value is -2.95. The van der Waals surface area contributed by atoms with E-state index >= 15 is 0 Å². The van der Waals surface area contributed by atoms with E-state index in [1.54, 1.807) is 25.7 Å². The molecule has 5 nitrogen and oxygen atoms in total. The van der Waals surface area contributed by atoms with E-state index in [1.165, 1.54) is 0 Å². The number of hydrogen-bond acceptors (Lipinski definition) is 4. The van der Waals surface area contributed by atoms with Crippen LogP contribution in [0, 0.1) is 0 Å². The van der Waals surface area contributed by atoms with E-state index in [0.29, 0.717) is 0 Å². The van der Waals surface area contributed by atoms with Crippen LogP contribution in [0.25, 0.3) is 33.2 Å². The van der Waals surface area contributed by atoms with Crippen molar-refractivity contribution in [2.45, 2.75) is 0 Å². The number of pyridine rings is 1. The Morgan fingerprint density at radius 1 is 0.952 bits per heavy atom. The maximum Gasteiger partial charge on any atom is 0.141 e. The van der Waals surface area contributed by atoms with Crippen LogP contribution >= 0.6 is 0 Å². The molecule has 0 aliphatic rings. The summed E-state index contributed by atoms with van der Waals surface area (Å²) in [6, 6.07) is 7.89. The number of benzene rings is 1. The maximum absolute atomic E-state index is 5.45. The summed E-state index contributed by atoms with van der Waals surface area (Å²) in [4.78, 5) is 16.2. The monoisotopic (exact) mass is 276 g/mol. The lowest BCUT2D eigenvalue weighted by molar-refractivity contribution is 0.419. The summed E-state index contributed by atoms with van der Waals surface area (Å²) < 4.78 is 5.45. The lowest BCUT2D eigenvalue weighted by atomic mass is 10.0. The lowest BCUT2D eigenvalue weighted by Gasteiger charge is -2.05. The molecule has 4 aromatic rings. The van der Waals surface area contributed by atoms with Gasteiger partial charge in [-0.05, 0) is 23.8 Å². The molecule has 0 saturated heterocycles. The summed E-state index contributed by atoms with van der Waals surface area (Å²) >= 11 is 0. The van der Waals surface area contributed by atoms with Gasteiger partial charge in [0.05, 0.1) is 23.5 Å². The molecule has 0 fully saturated rings. The predicted octanol–water partition coefficient (Wildman–Crippen LogP) is 3.18. The molecule has 3 aromatic heterocycles. The zero-order valence-corrected chi connectivity index (χ0v) is 11.4. The Labute approximate surface area is 120 Å². The van der Waals surface area contributed by atoms with E-state index in [-0.39, 0.29) is 0 Å². The molecule has 0 unspecified atom stereocenters. The van der Waals surface area contributed by atoms with E-state index in [1.807, 2.05) is 30.5 Å². The van der Waals surface area contributed by atoms with Crippen molar-refractivity contribution in [1.29, 1.82) is 0 Å². The highest BCUT2D eigenvalue weighted by Gasteiger charge is 2.12. The third-order valence-electron chi connectivity index (χ3n) is 3.54. The highest BCUT2D eigenvalue weighted by atomic mass is 16.5. The molecule has 3 heterocycles. The zero-order chi connectivity index (χ0) is 14.2. The molecule has 21 heavy (non-hydrogen) atoms. The van der Waals surface area contributed by atoms with Crippen molar-refractivity contribution in [1.82, 2.24) is 19.9 Å². The normalized spacial score (nSPS) is 11.1. The average molecular weight is 276 g/mol. The van der Waals surface area contributed by atoms with Crippen LogP contribution in [-0.4, -0.2) is 27.0 Å². The Kier molecular flexibility index (Phi) is 2.57. The Morgan fingerprint density at radius 2 is 1.81 bits per heavy atom. The highest BCUT2D eigenvalue weighted by Crippen LogP contribution is 2.34. The van der Waals surface area contributed by atoms with Gasteiger partial charge in [-0.15, -0.1) is 0 Å². The summed E-state index contributed by atoms with van der Waals surface area (Å²) in [5.41, 5.74) is 4.66. The van der Waals surface area contributed by atoms with Crippen LogP contribution in [0.1, 0.15) is 0 Å². The van der Waals surface area contributed by atoms with Gasteiger partial charge in [0.15, 0.2) is 0 Å². The van der Waals surface area contributed by atoms with Crippen LogP contribution in [0.4, 0.5) is 0 Å². The van der Waals surface area contributed by atoms with Gasteiger partial charge in [0, 0.05) is 30.4 Å². The Bertz CT molecular complexity index is 945. The number of nitrogens with one attached hydrogen (secondary N) is 1. The quantitative estimate of drug-likeness (QED) is 0.610. The summed E-state index contributed by atoms with van der Waals surface area (Å²) in [5.74, 6) is 0.801. The minimum absolute atomic E-state index is 0.801. The fourth-order valence-electron chi connectivity index (χ4n) is 2.56. The first-order valence-electron chi connectivity index (χ1n) is 6.58. The minimum Gasteiger partial charge on any atom is -0.496 e. The van der Waals surface area contributed by atoms with Crippen molar-refractivity contribution in [3.05, 3.63) is 49.1 Å². The molecule has 0 radical (unpaired) electrons. The molecule has 5 heteroatoms. The number of rotatable bonds is 2. The molecule has 0 bridgehead atoms. The number of aromatic nitrogens is 4. The smallest absolute Gasteiger partial charge is 0.141 e. The number of ether oxygens (including phenoxy) is 1. The first-order chi connectivity index (χ1) is 10.4. The molecule has 0 spiro atoms. The molecule has 1 N–H and O–H groups in total. The molecule has 0 saturated carbocycles. The molecule has 4 rings (SSSR count). The van der Waals surface area contributed by atoms with Crippen molar-refractivity contribution in [3.63, 3.8) is 0 Å². The molecule has 1 aromatic carbocycles. The summed E-state index contributed by atoms with van der Waals surface area (Å²) in [5, 5.41) is 0.975. The largest absolute Gasteiger partial charge is 0.496 e. The van der Waals surface area contributed by atoms with Crippen LogP contribution in [0.3, 0.4) is 0 Å². The second-order valence-electron chi connectivity index (χ2n) is 4.70. The van der Waals surface area contributed by atoms with Crippen LogP contribution in [0.5, 0.6) is 5.75 Å². The summed E-state index contributed by atoms with van der Waals surface area (Å²) in [6.45, 7) is 0. The van der Waals surface area contributed by atoms with Crippen LogP contribution in [0.2, 0.25) is 0 Å². The van der Waals surface area contributed by atoms with Crippen LogP contribution in [0.15, 0.2) is 49.1 Å². The van der Waals surface area contributed by atoms with Crippen molar-refractivity contribution in [3.8, 4) is 16.9 Å². The highest BCUT2D eigenvalue weighted by molar-refractivity contribution is 5.99. The molecular weight excluding hydrogens is 264 g/mol. The topological polar surface area (TPSA) is 63.7 Å². The maximum atomic E-state index is 5.45. The average Bonchev–Trinajstić information content (AvgIpc) is 2.98. The van der Waals surface area contributed by atoms with E-state index in [9.17, 15) is 0 Å². The fraction of sp³-hybridized carbons (Fsp3) is 0.0625. The summed E-state index contributed by atoms with van der Waals surface area (Å²) in [7, 11) is 1.66. The zero-order valence-electron chi connectivity index (χ0n) is 11.4. The first kappa shape index (κ1) is 11.8. The van der Waals surface area contributed by atoms with E-state index < -0.39 is 0 Å². The first-order valence-corrected chi connectivity index (χ1v) is 6.58. The molecule has 102 valence electrons. The van der Waals surface area contributed by atoms with Gasteiger partial charge in [0.2, 0.25) is 0 Å². The van der Waals surface area contributed by atoms with Gasteiger partial charge < -0.3 is 9.72 Å². The second kappa shape index (κ2) is 4.56. The van der Waals surface area contributed by atoms with Crippen molar-refractivity contribution >= 4 is 22.1 Å². The van der Waals surface area contributed by atoms with Gasteiger partial charge in [-0.1, -0.05) is 6.07 Å². The molecule has 0 aliphatic heterocycles. The number of aromatic amines is 1. The number of methoxy groups -OCH3 is 1. The van der Waals surface area contributed by atoms with E-state index in [4.69, 9.17) is 4.74 Å². The third kappa shape index (κ3) is 1.82. The number of hydrogen-bond donors (Lipinski definition) is 1. The molecule has 0 amide bonds. The molecule has 0 aliphatic carbocycles. The van der Waals surface area contributed by atoms with E-state index in [0.717, 1.165) is 38.9 Å². The van der Waals surface area contributed by atoms with Gasteiger partial charge in [-0.25, -0.2) is 4.98 Å². The van der Waals surface area contributed by atoms with Gasteiger partial charge in [0.25, 0.3) is 0 Å². The number of H-pyrrole nitrogens is 1. The van der Waals surface area contributed by atoms with E-state index in [2.05, 4.69) is 19.9 Å². The number of nitrogens with zero attached hydrogens (tertiary/aromatic N) is 3. The fourth-order valence-corrected chi connectivity index (χ4v) is 2.56. The van der Waals surface area contributed by atoms with Crippen molar-refractivity contribution in [2.24, 2.45) is 0 Å². The summed E-state index contributed by atoms with van der Waals surface area (Å²) in [6.07, 6.45) is 7.06. The van der Waals surface area contributed by atoms with Gasteiger partial charge in [0.1, 0.15) is 11.4 Å². The third-order valence-corrected chi connectivity index (χ3v) is 3.54. The minimum atomic E-state index is 0.801. The molecular formula is C16H12N4O. The standard InChI is InChI=1S/C16H12N4O/c1-21-14-4-5-19-16-15(14)11(9-20-16)10-2-3-12-13(8-10)18-7-6-17-12/h2-9H,1H3,(H,19,20). The Balaban J connectivity index is 1.99. The SMILES string of the molecule is COc1ccnc2[nH]cc(-c3ccc4nccnc4c3)c12. The van der Waals surface area contributed by atoms with Crippen LogP contribution in [-0.2, 0) is 0 Å². The lowest BCUT2D eigenvalue weighted by Crippen LogP contribution is -1.87.